The number of nitrogens with two attached hydrogens (primary N) is 2. The number of nitrogens with zero attached hydrogens (tertiary/aromatic N) is 1. The molecule has 0 aromatic heterocycles. The first-order valence-electron chi connectivity index (χ1n) is 35.6. The second kappa shape index (κ2) is 43.8. The number of carbonyl (C=O) groups excluding carboxylic acids is 13. The maximum absolute atomic E-state index is 14.8. The van der Waals surface area contributed by atoms with Crippen molar-refractivity contribution >= 4 is 94.5 Å². The quantitative estimate of drug-likeness (QED) is 0.0325. The molecule has 32 nitrogen and oxygen atoms in total. The minimum absolute atomic E-state index is 0.0297. The molecule has 0 spiro atoms. The van der Waals surface area contributed by atoms with Gasteiger partial charge in [-0.15, -0.1) is 0 Å². The summed E-state index contributed by atoms with van der Waals surface area (Å²) in [6.07, 6.45) is -0.609. The zero-order chi connectivity index (χ0) is 79.3. The fourth-order valence-corrected chi connectivity index (χ4v) is 11.6. The van der Waals surface area contributed by atoms with Gasteiger partial charge >= 0.3 is 0 Å². The minimum atomic E-state index is -1.80. The van der Waals surface area contributed by atoms with Gasteiger partial charge < -0.3 is 95.9 Å². The Morgan fingerprint density at radius 3 is 1.18 bits per heavy atom. The second-order valence-electron chi connectivity index (χ2n) is 28.2. The molecule has 1 aliphatic heterocycles. The number of nitrogens with one attached hydrogen (secondary N) is 13. The van der Waals surface area contributed by atoms with Crippen molar-refractivity contribution in [1.82, 2.24) is 69.1 Å². The Morgan fingerprint density at radius 2 is 0.771 bits per heavy atom. The first-order chi connectivity index (χ1) is 49.3. The van der Waals surface area contributed by atoms with Gasteiger partial charge in [-0.2, -0.15) is 11.8 Å². The normalized spacial score (nSPS) is 25.7. The number of carbonyl (C=O) groups is 13. The highest BCUT2D eigenvalue weighted by molar-refractivity contribution is 7.98. The van der Waals surface area contributed by atoms with Crippen LogP contribution in [0.1, 0.15) is 141 Å². The molecule has 1 heterocycles. The van der Waals surface area contributed by atoms with Crippen LogP contribution in [-0.4, -0.2) is 201 Å². The number of allylic oxidation sites excluding steroid dienone is 1. The molecule has 105 heavy (non-hydrogen) atoms. The summed E-state index contributed by atoms with van der Waals surface area (Å²) >= 11 is 1.32. The number of thioether (sulfide) groups is 1. The summed E-state index contributed by atoms with van der Waals surface area (Å²) in [7, 11) is 0. The molecule has 1 saturated heterocycles. The van der Waals surface area contributed by atoms with Gasteiger partial charge in [0.05, 0.1) is 12.2 Å². The van der Waals surface area contributed by atoms with Crippen LogP contribution >= 0.6 is 11.8 Å². The summed E-state index contributed by atoms with van der Waals surface area (Å²) < 4.78 is 0. The lowest BCUT2D eigenvalue weighted by Gasteiger charge is -2.32. The highest BCUT2D eigenvalue weighted by atomic mass is 32.2. The van der Waals surface area contributed by atoms with Crippen molar-refractivity contribution in [3.63, 3.8) is 0 Å². The average Bonchev–Trinajstić information content (AvgIpc) is 0.840. The fourth-order valence-electron chi connectivity index (χ4n) is 11.1. The molecule has 0 aliphatic carbocycles. The number of hydrogen-bond donors (Lipinski definition) is 18. The molecule has 2 aromatic carbocycles. The van der Waals surface area contributed by atoms with Crippen LogP contribution in [0.5, 0.6) is 5.75 Å². The number of amides is 13. The molecule has 15 atom stereocenters. The molecule has 3 rings (SSSR count). The van der Waals surface area contributed by atoms with Crippen molar-refractivity contribution in [2.24, 2.45) is 52.0 Å². The molecule has 2 aromatic rings. The van der Waals surface area contributed by atoms with Gasteiger partial charge in [-0.25, -0.2) is 0 Å². The third-order valence-electron chi connectivity index (χ3n) is 17.7. The van der Waals surface area contributed by atoms with Crippen molar-refractivity contribution < 1.29 is 77.6 Å². The summed E-state index contributed by atoms with van der Waals surface area (Å²) in [6, 6.07) is -3.74. The van der Waals surface area contributed by atoms with E-state index in [9.17, 15) is 77.6 Å². The number of aliphatic hydroxyl groups excluding tert-OH is 2. The highest BCUT2D eigenvalue weighted by Crippen LogP contribution is 2.18. The number of phenols is 1. The van der Waals surface area contributed by atoms with E-state index >= 15 is 0 Å². The summed E-state index contributed by atoms with van der Waals surface area (Å²) in [6.45, 7) is 23.1. The van der Waals surface area contributed by atoms with Crippen LogP contribution in [0.25, 0.3) is 0 Å². The van der Waals surface area contributed by atoms with E-state index in [0.29, 0.717) is 11.1 Å². The Bertz CT molecular complexity index is 3350. The van der Waals surface area contributed by atoms with E-state index in [2.05, 4.69) is 74.1 Å². The van der Waals surface area contributed by atoms with Crippen molar-refractivity contribution in [2.75, 3.05) is 18.6 Å². The van der Waals surface area contributed by atoms with Crippen molar-refractivity contribution in [2.45, 2.75) is 227 Å². The lowest BCUT2D eigenvalue weighted by Crippen LogP contribution is -2.64. The SMILES string of the molecule is C/C=C1\NC(=O)[C@H](C(C)C)NC(=O)[C@@H](Cc2ccccc2)NC(=O)[C@H](C(C)C)NC(=O)[C@H](C(C)C)NC(=O)[C@@H](C(C)C)NC(=O)[C@H]([C@H](C)O)NC(=O)[C@H](C(C)CC)NC(=O)[C@@H]([C@@H](C)O)NC(=O)[C@H](C(C)C)NC(=O)[C@H](CCSC)NC(=O)[C@H](Cc2ccc(O)cc2)NC(=O)[C@H](CCCN=C(N)N)NC1=O. The van der Waals surface area contributed by atoms with E-state index in [1.807, 2.05) is 0 Å². The van der Waals surface area contributed by atoms with Crippen LogP contribution in [0.15, 0.2) is 71.4 Å². The van der Waals surface area contributed by atoms with Crippen LogP contribution in [0.3, 0.4) is 0 Å². The highest BCUT2D eigenvalue weighted by Gasteiger charge is 2.41. The van der Waals surface area contributed by atoms with E-state index in [0.717, 1.165) is 0 Å². The number of aliphatic hydroxyl groups is 2. The monoisotopic (exact) mass is 1490 g/mol. The Morgan fingerprint density at radius 1 is 0.438 bits per heavy atom. The van der Waals surface area contributed by atoms with Gasteiger partial charge in [0.15, 0.2) is 5.96 Å². The predicted octanol–water partition coefficient (Wildman–Crippen LogP) is -1.08. The van der Waals surface area contributed by atoms with E-state index in [4.69, 9.17) is 11.5 Å². The van der Waals surface area contributed by atoms with Crippen molar-refractivity contribution in [3.8, 4) is 5.75 Å². The number of phenolic OH excluding ortho intramolecular Hbond substituents is 1. The largest absolute Gasteiger partial charge is 0.508 e. The van der Waals surface area contributed by atoms with Gasteiger partial charge in [0.1, 0.15) is 83.9 Å². The maximum atomic E-state index is 14.8. The summed E-state index contributed by atoms with van der Waals surface area (Å²) in [5.74, 6) is -16.4. The number of benzene rings is 2. The van der Waals surface area contributed by atoms with Gasteiger partial charge in [0.25, 0.3) is 5.91 Å². The van der Waals surface area contributed by atoms with Crippen molar-refractivity contribution in [3.05, 3.63) is 77.5 Å². The third-order valence-corrected chi connectivity index (χ3v) is 18.3. The molecule has 1 unspecified atom stereocenters. The summed E-state index contributed by atoms with van der Waals surface area (Å²) in [5, 5.41) is 66.6. The smallest absolute Gasteiger partial charge is 0.268 e. The molecule has 13 amide bonds. The van der Waals surface area contributed by atoms with Crippen LogP contribution in [0, 0.1) is 35.5 Å². The molecule has 0 bridgehead atoms. The molecule has 20 N–H and O–H groups in total. The number of aromatic hydroxyl groups is 1. The molecular weight excluding hydrogens is 1380 g/mol. The van der Waals surface area contributed by atoms with E-state index in [-0.39, 0.29) is 68.2 Å². The number of aliphatic imine (C=N–C) groups is 1. The first kappa shape index (κ1) is 89.8. The fraction of sp³-hybridized carbons (Fsp3) is 0.611. The Labute approximate surface area is 619 Å². The molecule has 33 heteroatoms. The summed E-state index contributed by atoms with van der Waals surface area (Å²) in [4.78, 5) is 193. The Balaban J connectivity index is 2.32. The average molecular weight is 1490 g/mol. The zero-order valence-electron chi connectivity index (χ0n) is 63.1. The lowest BCUT2D eigenvalue weighted by atomic mass is 9.96. The van der Waals surface area contributed by atoms with Gasteiger partial charge in [0.2, 0.25) is 70.9 Å². The lowest BCUT2D eigenvalue weighted by molar-refractivity contribution is -0.139. The predicted molar refractivity (Wildman–Crippen MR) is 397 cm³/mol. The Hall–Kier alpha value is -9.37. The molecule has 584 valence electrons. The standard InChI is InChI=1S/C72H114N16O16S/c1-17-40(13)56-69(102)88-57(41(14)89)70(103)85-55(39(11)12)67(100)84-54(38(9)10)66(99)83-52(36(5)6)65(98)80-50(33-43-23-20-19-21-24-43)63(96)82-51(35(3)4)64(97)76-46(18-2)59(92)77-47(25-22-31-75-72(73)74)60(93)79-49(34-44-26-28-45(91)29-27-44)62(95)78-48(30-32-105-16)61(94)81-53(37(7)8)68(101)87-58(42(15)90)71(104)86-56/h18-21,23-24,26-29,35-42,47-58,89-91H,17,22,25,30-34H2,1-16H3,(H,76,97)(H,77,92)(H,78,95)(H,79,93)(H,80,98)(H,81,94)(H,82,96)(H,83,99)(H,84,100)(H,85,103)(H,86,104)(H,87,101)(H,88,102)(H4,73,74,75)/b46-18-/t40?,41-,42+,47-,48-,49-,50+,51-,52-,53-,54-,55+,56-,57-,58+/m0/s1. The molecule has 1 aliphatic rings. The molecular formula is C72H114N16O16S. The number of hydrogen-bond acceptors (Lipinski definition) is 18. The van der Waals surface area contributed by atoms with E-state index < -0.39 is 197 Å². The van der Waals surface area contributed by atoms with Gasteiger partial charge in [-0.3, -0.25) is 67.3 Å². The Kier molecular flexibility index (Phi) is 37.5. The van der Waals surface area contributed by atoms with Gasteiger partial charge in [-0.05, 0) is 111 Å². The topological polar surface area (TPSA) is 503 Å². The van der Waals surface area contributed by atoms with Crippen LogP contribution in [0.4, 0.5) is 0 Å². The van der Waals surface area contributed by atoms with Gasteiger partial charge in [0, 0.05) is 19.4 Å². The van der Waals surface area contributed by atoms with Crippen molar-refractivity contribution in [1.29, 1.82) is 0 Å². The van der Waals surface area contributed by atoms with Crippen LogP contribution < -0.4 is 80.6 Å². The molecule has 0 radical (unpaired) electrons. The molecule has 1 fully saturated rings. The second-order valence-corrected chi connectivity index (χ2v) is 29.2. The third kappa shape index (κ3) is 28.9. The van der Waals surface area contributed by atoms with Crippen LogP contribution in [0.2, 0.25) is 0 Å². The van der Waals surface area contributed by atoms with E-state index in [1.54, 1.807) is 120 Å². The molecule has 0 saturated carbocycles. The van der Waals surface area contributed by atoms with Crippen LogP contribution in [-0.2, 0) is 75.2 Å². The first-order valence-corrected chi connectivity index (χ1v) is 37.0. The zero-order valence-corrected chi connectivity index (χ0v) is 64.0. The van der Waals surface area contributed by atoms with E-state index in [1.165, 1.54) is 62.9 Å². The number of rotatable bonds is 20. The minimum Gasteiger partial charge on any atom is -0.508 e. The number of guanidine groups is 1. The summed E-state index contributed by atoms with van der Waals surface area (Å²) in [5.41, 5.74) is 11.8. The maximum Gasteiger partial charge on any atom is 0.268 e. The van der Waals surface area contributed by atoms with Gasteiger partial charge in [-0.1, -0.05) is 138 Å².